The standard InChI is InChI=1S/C19H25N3O4/c1-3-4-12-26-19(24)16-8-5-6-9-17(16)22-14-15(13-20)18(23)21-10-7-11-25-2/h5-6,8-9,14,22H,3-4,7,10-12H2,1-2H3,(H,21,23)/b15-14-. The lowest BCUT2D eigenvalue weighted by Gasteiger charge is -2.10. The van der Waals surface area contributed by atoms with Gasteiger partial charge in [0.05, 0.1) is 17.9 Å². The molecular weight excluding hydrogens is 334 g/mol. The van der Waals surface area contributed by atoms with E-state index in [0.29, 0.717) is 37.4 Å². The zero-order chi connectivity index (χ0) is 19.2. The van der Waals surface area contributed by atoms with E-state index in [4.69, 9.17) is 14.7 Å². The fraction of sp³-hybridized carbons (Fsp3) is 0.421. The van der Waals surface area contributed by atoms with Crippen molar-refractivity contribution in [2.24, 2.45) is 0 Å². The number of carbonyl (C=O) groups excluding carboxylic acids is 2. The zero-order valence-corrected chi connectivity index (χ0v) is 15.2. The zero-order valence-electron chi connectivity index (χ0n) is 15.2. The van der Waals surface area contributed by atoms with E-state index in [9.17, 15) is 9.59 Å². The molecule has 0 unspecified atom stereocenters. The molecule has 0 saturated heterocycles. The molecule has 1 aromatic carbocycles. The molecule has 0 aliphatic carbocycles. The van der Waals surface area contributed by atoms with E-state index in [1.165, 1.54) is 6.20 Å². The fourth-order valence-corrected chi connectivity index (χ4v) is 1.99. The Balaban J connectivity index is 2.74. The number of carbonyl (C=O) groups is 2. The quantitative estimate of drug-likeness (QED) is 0.273. The Hall–Kier alpha value is -2.85. The molecule has 0 fully saturated rings. The number of anilines is 1. The molecule has 140 valence electrons. The summed E-state index contributed by atoms with van der Waals surface area (Å²) in [6.45, 7) is 3.30. The molecule has 2 N–H and O–H groups in total. The Morgan fingerprint density at radius 2 is 2.00 bits per heavy atom. The van der Waals surface area contributed by atoms with Crippen molar-refractivity contribution >= 4 is 17.6 Å². The minimum atomic E-state index is -0.487. The van der Waals surface area contributed by atoms with Crippen molar-refractivity contribution in [1.29, 1.82) is 5.26 Å². The van der Waals surface area contributed by atoms with Crippen molar-refractivity contribution in [3.8, 4) is 6.07 Å². The van der Waals surface area contributed by atoms with Crippen molar-refractivity contribution in [1.82, 2.24) is 5.32 Å². The van der Waals surface area contributed by atoms with Gasteiger partial charge >= 0.3 is 5.97 Å². The molecule has 0 heterocycles. The summed E-state index contributed by atoms with van der Waals surface area (Å²) < 4.78 is 10.1. The highest BCUT2D eigenvalue weighted by Gasteiger charge is 2.13. The van der Waals surface area contributed by atoms with Crippen molar-refractivity contribution in [2.75, 3.05) is 32.2 Å². The average molecular weight is 359 g/mol. The smallest absolute Gasteiger partial charge is 0.340 e. The van der Waals surface area contributed by atoms with E-state index in [-0.39, 0.29) is 5.57 Å². The predicted octanol–water partition coefficient (Wildman–Crippen LogP) is 2.62. The summed E-state index contributed by atoms with van der Waals surface area (Å²) >= 11 is 0. The maximum Gasteiger partial charge on any atom is 0.340 e. The first kappa shape index (κ1) is 21.2. The molecule has 1 rings (SSSR count). The highest BCUT2D eigenvalue weighted by molar-refractivity contribution is 5.98. The van der Waals surface area contributed by atoms with Crippen LogP contribution in [0.25, 0.3) is 0 Å². The van der Waals surface area contributed by atoms with E-state index in [1.54, 1.807) is 31.4 Å². The number of hydrogen-bond acceptors (Lipinski definition) is 6. The van der Waals surface area contributed by atoms with Crippen LogP contribution in [0.2, 0.25) is 0 Å². The van der Waals surface area contributed by atoms with Gasteiger partial charge in [-0.1, -0.05) is 25.5 Å². The van der Waals surface area contributed by atoms with Gasteiger partial charge in [0, 0.05) is 26.5 Å². The minimum absolute atomic E-state index is 0.0865. The Kier molecular flexibility index (Phi) is 10.2. The summed E-state index contributed by atoms with van der Waals surface area (Å²) in [5.74, 6) is -0.934. The topological polar surface area (TPSA) is 100 Å². The van der Waals surface area contributed by atoms with Gasteiger partial charge < -0.3 is 20.1 Å². The summed E-state index contributed by atoms with van der Waals surface area (Å²) in [7, 11) is 1.58. The van der Waals surface area contributed by atoms with Crippen LogP contribution < -0.4 is 10.6 Å². The maximum absolute atomic E-state index is 12.2. The molecule has 0 radical (unpaired) electrons. The van der Waals surface area contributed by atoms with Crippen LogP contribution in [0.15, 0.2) is 36.0 Å². The monoisotopic (exact) mass is 359 g/mol. The van der Waals surface area contributed by atoms with Gasteiger partial charge in [0.15, 0.2) is 0 Å². The lowest BCUT2D eigenvalue weighted by atomic mass is 10.1. The molecule has 0 atom stereocenters. The molecular formula is C19H25N3O4. The lowest BCUT2D eigenvalue weighted by Crippen LogP contribution is -2.26. The van der Waals surface area contributed by atoms with Crippen LogP contribution in [0.3, 0.4) is 0 Å². The van der Waals surface area contributed by atoms with Crippen molar-refractivity contribution in [3.05, 3.63) is 41.6 Å². The summed E-state index contributed by atoms with van der Waals surface area (Å²) in [6.07, 6.45) is 3.66. The van der Waals surface area contributed by atoms with Crippen LogP contribution in [0.5, 0.6) is 0 Å². The van der Waals surface area contributed by atoms with E-state index in [2.05, 4.69) is 10.6 Å². The van der Waals surface area contributed by atoms with E-state index >= 15 is 0 Å². The van der Waals surface area contributed by atoms with E-state index < -0.39 is 11.9 Å². The Labute approximate surface area is 154 Å². The van der Waals surface area contributed by atoms with Gasteiger partial charge in [0.1, 0.15) is 11.6 Å². The van der Waals surface area contributed by atoms with Crippen molar-refractivity contribution < 1.29 is 19.1 Å². The Morgan fingerprint density at radius 3 is 2.69 bits per heavy atom. The Morgan fingerprint density at radius 1 is 1.23 bits per heavy atom. The average Bonchev–Trinajstić information content (AvgIpc) is 2.66. The molecule has 1 aromatic rings. The summed E-state index contributed by atoms with van der Waals surface area (Å²) in [5.41, 5.74) is 0.725. The molecule has 0 saturated carbocycles. The van der Waals surface area contributed by atoms with Crippen molar-refractivity contribution in [3.63, 3.8) is 0 Å². The highest BCUT2D eigenvalue weighted by Crippen LogP contribution is 2.17. The molecule has 7 heteroatoms. The SMILES string of the molecule is CCCCOC(=O)c1ccccc1N/C=C(/C#N)C(=O)NCCCOC. The highest BCUT2D eigenvalue weighted by atomic mass is 16.5. The summed E-state index contributed by atoms with van der Waals surface area (Å²) in [5, 5.41) is 14.6. The number of para-hydroxylation sites is 1. The number of methoxy groups -OCH3 is 1. The van der Waals surface area contributed by atoms with Crippen LogP contribution in [-0.2, 0) is 14.3 Å². The van der Waals surface area contributed by atoms with Crippen LogP contribution in [-0.4, -0.2) is 38.7 Å². The van der Waals surface area contributed by atoms with E-state index in [0.717, 1.165) is 12.8 Å². The van der Waals surface area contributed by atoms with Crippen LogP contribution in [0.1, 0.15) is 36.5 Å². The molecule has 26 heavy (non-hydrogen) atoms. The minimum Gasteiger partial charge on any atom is -0.462 e. The maximum atomic E-state index is 12.2. The summed E-state index contributed by atoms with van der Waals surface area (Å²) in [4.78, 5) is 24.1. The number of nitrogens with zero attached hydrogens (tertiary/aromatic N) is 1. The van der Waals surface area contributed by atoms with Gasteiger partial charge in [-0.2, -0.15) is 5.26 Å². The molecule has 0 bridgehead atoms. The first-order valence-electron chi connectivity index (χ1n) is 8.54. The van der Waals surface area contributed by atoms with Gasteiger partial charge in [0.2, 0.25) is 0 Å². The van der Waals surface area contributed by atoms with Gasteiger partial charge in [0.25, 0.3) is 5.91 Å². The Bertz CT molecular complexity index is 665. The number of hydrogen-bond donors (Lipinski definition) is 2. The number of esters is 1. The molecule has 1 amide bonds. The number of benzene rings is 1. The fourth-order valence-electron chi connectivity index (χ4n) is 1.99. The second kappa shape index (κ2) is 12.5. The number of nitriles is 1. The molecule has 0 aliphatic heterocycles. The van der Waals surface area contributed by atoms with Crippen molar-refractivity contribution in [2.45, 2.75) is 26.2 Å². The molecule has 0 aliphatic rings. The largest absolute Gasteiger partial charge is 0.462 e. The molecule has 0 aromatic heterocycles. The number of unbranched alkanes of at least 4 members (excludes halogenated alkanes) is 1. The summed E-state index contributed by atoms with van der Waals surface area (Å²) in [6, 6.07) is 8.62. The first-order valence-corrected chi connectivity index (χ1v) is 8.54. The third-order valence-corrected chi connectivity index (χ3v) is 3.43. The normalized spacial score (nSPS) is 10.7. The number of amides is 1. The third kappa shape index (κ3) is 7.36. The number of ether oxygens (including phenoxy) is 2. The van der Waals surface area contributed by atoms with Gasteiger partial charge in [-0.3, -0.25) is 4.79 Å². The first-order chi connectivity index (χ1) is 12.6. The van der Waals surface area contributed by atoms with Gasteiger partial charge in [-0.05, 0) is 25.0 Å². The number of rotatable bonds is 11. The van der Waals surface area contributed by atoms with Crippen LogP contribution in [0.4, 0.5) is 5.69 Å². The van der Waals surface area contributed by atoms with E-state index in [1.807, 2.05) is 13.0 Å². The second-order valence-electron chi connectivity index (χ2n) is 5.45. The van der Waals surface area contributed by atoms with Gasteiger partial charge in [-0.15, -0.1) is 0 Å². The van der Waals surface area contributed by atoms with Crippen LogP contribution >= 0.6 is 0 Å². The predicted molar refractivity (Wildman–Crippen MR) is 98.5 cm³/mol. The molecule has 7 nitrogen and oxygen atoms in total. The second-order valence-corrected chi connectivity index (χ2v) is 5.45. The van der Waals surface area contributed by atoms with Crippen LogP contribution in [0, 0.1) is 11.3 Å². The molecule has 0 spiro atoms. The van der Waals surface area contributed by atoms with Gasteiger partial charge in [-0.25, -0.2) is 4.79 Å². The lowest BCUT2D eigenvalue weighted by molar-refractivity contribution is -0.117. The number of nitrogens with one attached hydrogen (secondary N) is 2. The third-order valence-electron chi connectivity index (χ3n) is 3.43.